The first-order valence-electron chi connectivity index (χ1n) is 2.60. The number of rotatable bonds is 1. The van der Waals surface area contributed by atoms with Crippen LogP contribution in [0.3, 0.4) is 0 Å². The lowest BCUT2D eigenvalue weighted by molar-refractivity contribution is 0.475. The lowest BCUT2D eigenvalue weighted by atomic mass is 10.2. The van der Waals surface area contributed by atoms with E-state index in [0.717, 1.165) is 0 Å². The van der Waals surface area contributed by atoms with E-state index in [1.54, 1.807) is 6.29 Å². The molecule has 0 aliphatic rings. The van der Waals surface area contributed by atoms with Crippen LogP contribution in [0.25, 0.3) is 0 Å². The van der Waals surface area contributed by atoms with Crippen LogP contribution in [0.5, 0.6) is 5.75 Å². The zero-order chi connectivity index (χ0) is 7.56. The first-order valence-corrected chi connectivity index (χ1v) is 2.98. The number of phenols is 1. The molecule has 0 saturated carbocycles. The Kier molecular flexibility index (Phi) is 1.92. The fourth-order valence-corrected chi connectivity index (χ4v) is 0.751. The predicted molar refractivity (Wildman–Crippen MR) is 37.9 cm³/mol. The maximum Gasteiger partial charge on any atom is 0.233 e. The van der Waals surface area contributed by atoms with Crippen molar-refractivity contribution in [1.82, 2.24) is 0 Å². The molecule has 1 radical (unpaired) electrons. The molecule has 0 aliphatic heterocycles. The molecule has 1 aromatic carbocycles. The molecule has 51 valence electrons. The van der Waals surface area contributed by atoms with E-state index in [-0.39, 0.29) is 10.8 Å². The predicted octanol–water partition coefficient (Wildman–Crippen LogP) is 1.50. The molecule has 0 heterocycles. The van der Waals surface area contributed by atoms with Gasteiger partial charge in [0.2, 0.25) is 6.29 Å². The molecule has 10 heavy (non-hydrogen) atoms. The molecule has 0 amide bonds. The Balaban J connectivity index is 3.16. The van der Waals surface area contributed by atoms with Gasteiger partial charge in [-0.15, -0.1) is 0 Å². The summed E-state index contributed by atoms with van der Waals surface area (Å²) in [4.78, 5) is 10.0. The third-order valence-electron chi connectivity index (χ3n) is 1.07. The third-order valence-corrected chi connectivity index (χ3v) is 1.37. The Hall–Kier alpha value is -1.02. The molecule has 1 N–H and O–H groups in total. The van der Waals surface area contributed by atoms with Crippen molar-refractivity contribution in [3.8, 4) is 5.75 Å². The van der Waals surface area contributed by atoms with Gasteiger partial charge in [0, 0.05) is 5.56 Å². The minimum absolute atomic E-state index is 0.0272. The molecule has 1 rings (SSSR count). The van der Waals surface area contributed by atoms with Crippen molar-refractivity contribution in [2.45, 2.75) is 0 Å². The van der Waals surface area contributed by atoms with Gasteiger partial charge >= 0.3 is 0 Å². The third kappa shape index (κ3) is 1.28. The summed E-state index contributed by atoms with van der Waals surface area (Å²) in [6, 6.07) is 4.14. The maximum atomic E-state index is 10.0. The molecule has 0 saturated heterocycles. The zero-order valence-electron chi connectivity index (χ0n) is 4.97. The first-order chi connectivity index (χ1) is 4.74. The monoisotopic (exact) mass is 155 g/mol. The van der Waals surface area contributed by atoms with Gasteiger partial charge in [-0.2, -0.15) is 0 Å². The quantitative estimate of drug-likeness (QED) is 0.668. The van der Waals surface area contributed by atoms with E-state index in [1.807, 2.05) is 0 Å². The fraction of sp³-hybridized carbons (Fsp3) is 0. The summed E-state index contributed by atoms with van der Waals surface area (Å²) < 4.78 is 0. The van der Waals surface area contributed by atoms with Gasteiger partial charge in [0.1, 0.15) is 5.75 Å². The highest BCUT2D eigenvalue weighted by Crippen LogP contribution is 2.22. The number of halogens is 1. The number of aromatic hydroxyl groups is 1. The second-order valence-electron chi connectivity index (χ2n) is 1.77. The minimum atomic E-state index is -0.0272. The van der Waals surface area contributed by atoms with Crippen molar-refractivity contribution in [3.63, 3.8) is 0 Å². The Morgan fingerprint density at radius 3 is 2.70 bits per heavy atom. The molecule has 1 aromatic rings. The number of carbonyl (C=O) groups excluding carboxylic acids is 1. The van der Waals surface area contributed by atoms with Crippen LogP contribution in [0.2, 0.25) is 5.02 Å². The smallest absolute Gasteiger partial charge is 0.233 e. The summed E-state index contributed by atoms with van der Waals surface area (Å²) in [5.74, 6) is -0.0272. The van der Waals surface area contributed by atoms with Crippen molar-refractivity contribution in [2.75, 3.05) is 0 Å². The molecule has 0 bridgehead atoms. The Morgan fingerprint density at radius 1 is 1.50 bits per heavy atom. The van der Waals surface area contributed by atoms with Crippen molar-refractivity contribution in [3.05, 3.63) is 28.8 Å². The summed E-state index contributed by atoms with van der Waals surface area (Å²) in [5, 5.41) is 9.04. The second-order valence-corrected chi connectivity index (χ2v) is 2.18. The summed E-state index contributed by atoms with van der Waals surface area (Å²) in [7, 11) is 0. The molecule has 0 atom stereocenters. The average molecular weight is 156 g/mol. The average Bonchev–Trinajstić information content (AvgIpc) is 1.95. The SMILES string of the molecule is O=[C]c1ccc(O)c(Cl)c1. The Bertz CT molecular complexity index is 258. The number of hydrogen-bond acceptors (Lipinski definition) is 2. The molecule has 0 fully saturated rings. The van der Waals surface area contributed by atoms with E-state index in [9.17, 15) is 4.79 Å². The van der Waals surface area contributed by atoms with Crippen LogP contribution in [0.15, 0.2) is 18.2 Å². The van der Waals surface area contributed by atoms with Crippen molar-refractivity contribution in [1.29, 1.82) is 0 Å². The highest BCUT2D eigenvalue weighted by atomic mass is 35.5. The molecule has 3 heteroatoms. The van der Waals surface area contributed by atoms with Crippen LogP contribution >= 0.6 is 11.6 Å². The lowest BCUT2D eigenvalue weighted by Gasteiger charge is -1.93. The van der Waals surface area contributed by atoms with Crippen LogP contribution in [0.1, 0.15) is 5.56 Å². The maximum absolute atomic E-state index is 10.0. The van der Waals surface area contributed by atoms with Gasteiger partial charge in [-0.25, -0.2) is 0 Å². The van der Waals surface area contributed by atoms with Crippen molar-refractivity contribution in [2.24, 2.45) is 0 Å². The standard InChI is InChI=1S/C7H4ClO2/c8-6-3-5(4-9)1-2-7(6)10/h1-3,10H. The summed E-state index contributed by atoms with van der Waals surface area (Å²) in [6.07, 6.45) is 1.65. The van der Waals surface area contributed by atoms with E-state index < -0.39 is 0 Å². The van der Waals surface area contributed by atoms with Crippen LogP contribution in [-0.4, -0.2) is 11.4 Å². The highest BCUT2D eigenvalue weighted by Gasteiger charge is 1.97. The van der Waals surface area contributed by atoms with Gasteiger partial charge in [-0.1, -0.05) is 11.6 Å². The van der Waals surface area contributed by atoms with Crippen molar-refractivity contribution >= 4 is 17.9 Å². The summed E-state index contributed by atoms with van der Waals surface area (Å²) >= 11 is 5.46. The highest BCUT2D eigenvalue weighted by molar-refractivity contribution is 6.32. The lowest BCUT2D eigenvalue weighted by Crippen LogP contribution is -1.78. The Morgan fingerprint density at radius 2 is 2.20 bits per heavy atom. The van der Waals surface area contributed by atoms with Gasteiger partial charge in [0.05, 0.1) is 5.02 Å². The molecular weight excluding hydrogens is 152 g/mol. The topological polar surface area (TPSA) is 37.3 Å². The van der Waals surface area contributed by atoms with E-state index >= 15 is 0 Å². The van der Waals surface area contributed by atoms with Gasteiger partial charge in [-0.3, -0.25) is 4.79 Å². The van der Waals surface area contributed by atoms with E-state index in [1.165, 1.54) is 18.2 Å². The number of phenolic OH excluding ortho intramolecular Hbond substituents is 1. The van der Waals surface area contributed by atoms with E-state index in [4.69, 9.17) is 16.7 Å². The zero-order valence-corrected chi connectivity index (χ0v) is 5.72. The fourth-order valence-electron chi connectivity index (χ4n) is 0.570. The summed E-state index contributed by atoms with van der Waals surface area (Å²) in [5.41, 5.74) is 0.336. The van der Waals surface area contributed by atoms with E-state index in [2.05, 4.69) is 0 Å². The first kappa shape index (κ1) is 7.09. The van der Waals surface area contributed by atoms with Crippen LogP contribution in [-0.2, 0) is 4.79 Å². The molecule has 0 aromatic heterocycles. The largest absolute Gasteiger partial charge is 0.506 e. The van der Waals surface area contributed by atoms with Gasteiger partial charge in [-0.05, 0) is 18.2 Å². The molecule has 2 nitrogen and oxygen atoms in total. The van der Waals surface area contributed by atoms with Gasteiger partial charge in [0.15, 0.2) is 0 Å². The Labute approximate surface area is 63.1 Å². The summed E-state index contributed by atoms with van der Waals surface area (Å²) in [6.45, 7) is 0. The van der Waals surface area contributed by atoms with E-state index in [0.29, 0.717) is 5.56 Å². The van der Waals surface area contributed by atoms with Crippen molar-refractivity contribution < 1.29 is 9.90 Å². The normalized spacial score (nSPS) is 9.30. The van der Waals surface area contributed by atoms with Gasteiger partial charge < -0.3 is 5.11 Å². The van der Waals surface area contributed by atoms with Crippen LogP contribution in [0.4, 0.5) is 0 Å². The van der Waals surface area contributed by atoms with Crippen LogP contribution < -0.4 is 0 Å². The second kappa shape index (κ2) is 2.71. The molecule has 0 spiro atoms. The van der Waals surface area contributed by atoms with Gasteiger partial charge in [0.25, 0.3) is 0 Å². The van der Waals surface area contributed by atoms with Crippen LogP contribution in [0, 0.1) is 0 Å². The molecule has 0 unspecified atom stereocenters. The molecular formula is C7H4ClO2. The number of benzene rings is 1. The minimum Gasteiger partial charge on any atom is -0.506 e. The number of hydrogen-bond donors (Lipinski definition) is 1. The molecule has 0 aliphatic carbocycles.